The van der Waals surface area contributed by atoms with Crippen molar-refractivity contribution in [1.29, 1.82) is 0 Å². The molecule has 0 saturated carbocycles. The van der Waals surface area contributed by atoms with Gasteiger partial charge in [-0.1, -0.05) is 6.92 Å². The van der Waals surface area contributed by atoms with E-state index in [4.69, 9.17) is 18.1 Å². The van der Waals surface area contributed by atoms with Gasteiger partial charge in [-0.15, -0.1) is 0 Å². The van der Waals surface area contributed by atoms with Crippen LogP contribution in [0.3, 0.4) is 0 Å². The smallest absolute Gasteiger partial charge is 0.339 e. The molecule has 3 aromatic rings. The van der Waals surface area contributed by atoms with Crippen LogP contribution in [0.4, 0.5) is 0 Å². The molecule has 0 aliphatic carbocycles. The summed E-state index contributed by atoms with van der Waals surface area (Å²) in [6, 6.07) is 8.77. The Hall–Kier alpha value is -3.00. The van der Waals surface area contributed by atoms with Crippen molar-refractivity contribution >= 4 is 21.1 Å². The van der Waals surface area contributed by atoms with Gasteiger partial charge in [0.05, 0.1) is 14.2 Å². The molecule has 8 heteroatoms. The Balaban J connectivity index is 2.09. The zero-order chi connectivity index (χ0) is 20.5. The zero-order valence-corrected chi connectivity index (χ0v) is 16.8. The predicted molar refractivity (Wildman–Crippen MR) is 104 cm³/mol. The Labute approximate surface area is 162 Å². The summed E-state index contributed by atoms with van der Waals surface area (Å²) in [5, 5.41) is 0.729. The molecule has 148 valence electrons. The van der Waals surface area contributed by atoms with Gasteiger partial charge >= 0.3 is 15.7 Å². The maximum Gasteiger partial charge on any atom is 0.339 e. The van der Waals surface area contributed by atoms with Crippen molar-refractivity contribution in [3.05, 3.63) is 57.9 Å². The molecule has 1 heterocycles. The van der Waals surface area contributed by atoms with Gasteiger partial charge in [0.15, 0.2) is 11.5 Å². The van der Waals surface area contributed by atoms with E-state index in [2.05, 4.69) is 0 Å². The minimum absolute atomic E-state index is 0.0852. The molecule has 28 heavy (non-hydrogen) atoms. The summed E-state index contributed by atoms with van der Waals surface area (Å²) in [4.78, 5) is 11.6. The van der Waals surface area contributed by atoms with Crippen LogP contribution < -0.4 is 19.3 Å². The number of aryl methyl sites for hydroxylation is 2. The van der Waals surface area contributed by atoms with Gasteiger partial charge in [0.1, 0.15) is 16.2 Å². The molecule has 2 aromatic carbocycles. The second-order valence-corrected chi connectivity index (χ2v) is 7.66. The molecule has 0 N–H and O–H groups in total. The first-order valence-electron chi connectivity index (χ1n) is 8.53. The van der Waals surface area contributed by atoms with E-state index in [1.54, 1.807) is 13.0 Å². The third-order valence-corrected chi connectivity index (χ3v) is 5.59. The summed E-state index contributed by atoms with van der Waals surface area (Å²) >= 11 is 0. The molecule has 0 aliphatic heterocycles. The van der Waals surface area contributed by atoms with E-state index >= 15 is 0 Å². The van der Waals surface area contributed by atoms with Crippen LogP contribution in [0.15, 0.2) is 50.5 Å². The van der Waals surface area contributed by atoms with Gasteiger partial charge in [-0.2, -0.15) is 8.42 Å². The molecular weight excluding hydrogens is 384 g/mol. The van der Waals surface area contributed by atoms with Crippen LogP contribution in [0.2, 0.25) is 0 Å². The summed E-state index contributed by atoms with van der Waals surface area (Å²) in [7, 11) is -1.27. The molecule has 7 nitrogen and oxygen atoms in total. The molecule has 0 spiro atoms. The SMILES string of the molecule is CCc1cc2c(C)cc(=O)oc2cc1OS(=O)(=O)c1ccc(OC)c(OC)c1. The lowest BCUT2D eigenvalue weighted by Gasteiger charge is -2.13. The number of benzene rings is 2. The molecule has 0 unspecified atom stereocenters. The van der Waals surface area contributed by atoms with Gasteiger partial charge in [-0.25, -0.2) is 4.79 Å². The lowest BCUT2D eigenvalue weighted by atomic mass is 10.1. The summed E-state index contributed by atoms with van der Waals surface area (Å²) in [5.41, 5.74) is 1.17. The first kappa shape index (κ1) is 19.8. The third-order valence-electron chi connectivity index (χ3n) is 4.36. The Bertz CT molecular complexity index is 1190. The molecule has 0 saturated heterocycles. The van der Waals surface area contributed by atoms with Gasteiger partial charge in [-0.05, 0) is 42.7 Å². The molecule has 0 amide bonds. The minimum Gasteiger partial charge on any atom is -0.493 e. The lowest BCUT2D eigenvalue weighted by molar-refractivity contribution is 0.353. The number of methoxy groups -OCH3 is 2. The predicted octanol–water partition coefficient (Wildman–Crippen LogP) is 3.45. The average Bonchev–Trinajstić information content (AvgIpc) is 2.66. The van der Waals surface area contributed by atoms with Crippen LogP contribution in [0.25, 0.3) is 11.0 Å². The van der Waals surface area contributed by atoms with Crippen LogP contribution in [-0.4, -0.2) is 22.6 Å². The minimum atomic E-state index is -4.15. The zero-order valence-electron chi connectivity index (χ0n) is 15.9. The largest absolute Gasteiger partial charge is 0.493 e. The highest BCUT2D eigenvalue weighted by Crippen LogP contribution is 2.33. The Morgan fingerprint density at radius 1 is 0.964 bits per heavy atom. The second-order valence-electron chi connectivity index (χ2n) is 6.11. The highest BCUT2D eigenvalue weighted by atomic mass is 32.2. The van der Waals surface area contributed by atoms with Crippen LogP contribution in [0, 0.1) is 6.92 Å². The van der Waals surface area contributed by atoms with Crippen molar-refractivity contribution in [1.82, 2.24) is 0 Å². The van der Waals surface area contributed by atoms with E-state index in [0.29, 0.717) is 17.7 Å². The van der Waals surface area contributed by atoms with Crippen molar-refractivity contribution < 1.29 is 26.5 Å². The topological polar surface area (TPSA) is 92.0 Å². The Morgan fingerprint density at radius 2 is 1.68 bits per heavy atom. The van der Waals surface area contributed by atoms with Gasteiger partial charge < -0.3 is 18.1 Å². The van der Waals surface area contributed by atoms with Crippen molar-refractivity contribution in [2.75, 3.05) is 14.2 Å². The van der Waals surface area contributed by atoms with Crippen LogP contribution in [-0.2, 0) is 16.5 Å². The Kier molecular flexibility index (Phi) is 5.33. The van der Waals surface area contributed by atoms with E-state index in [1.165, 1.54) is 44.6 Å². The van der Waals surface area contributed by atoms with E-state index in [9.17, 15) is 13.2 Å². The molecule has 0 aliphatic rings. The Morgan fingerprint density at radius 3 is 2.32 bits per heavy atom. The fraction of sp³-hybridized carbons (Fsp3) is 0.250. The van der Waals surface area contributed by atoms with E-state index in [0.717, 1.165) is 10.9 Å². The fourth-order valence-corrected chi connectivity index (χ4v) is 3.86. The molecule has 0 atom stereocenters. The normalized spacial score (nSPS) is 11.4. The summed E-state index contributed by atoms with van der Waals surface area (Å²) in [5.74, 6) is 0.778. The van der Waals surface area contributed by atoms with Gasteiger partial charge in [0.2, 0.25) is 0 Å². The maximum atomic E-state index is 12.8. The van der Waals surface area contributed by atoms with E-state index in [1.807, 2.05) is 6.92 Å². The number of hydrogen-bond acceptors (Lipinski definition) is 7. The van der Waals surface area contributed by atoms with Crippen molar-refractivity contribution in [3.63, 3.8) is 0 Å². The molecule has 3 rings (SSSR count). The van der Waals surface area contributed by atoms with Crippen molar-refractivity contribution in [3.8, 4) is 17.2 Å². The molecule has 0 bridgehead atoms. The number of hydrogen-bond donors (Lipinski definition) is 0. The van der Waals surface area contributed by atoms with Gasteiger partial charge in [-0.3, -0.25) is 0 Å². The van der Waals surface area contributed by atoms with Crippen molar-refractivity contribution in [2.45, 2.75) is 25.2 Å². The standard InChI is InChI=1S/C20H20O7S/c1-5-13-9-15-12(2)8-20(21)26-18(15)11-17(13)27-28(22,23)14-6-7-16(24-3)19(10-14)25-4/h6-11H,5H2,1-4H3. The monoisotopic (exact) mass is 404 g/mol. The summed E-state index contributed by atoms with van der Waals surface area (Å²) in [6.07, 6.45) is 0.533. The fourth-order valence-electron chi connectivity index (χ4n) is 2.88. The summed E-state index contributed by atoms with van der Waals surface area (Å²) < 4.78 is 46.5. The molecule has 0 radical (unpaired) electrons. The van der Waals surface area contributed by atoms with E-state index < -0.39 is 15.7 Å². The molecule has 1 aromatic heterocycles. The maximum absolute atomic E-state index is 12.8. The molecular formula is C20H20O7S. The lowest BCUT2D eigenvalue weighted by Crippen LogP contribution is -2.11. The van der Waals surface area contributed by atoms with Crippen molar-refractivity contribution in [2.24, 2.45) is 0 Å². The number of rotatable bonds is 6. The van der Waals surface area contributed by atoms with Gasteiger partial charge in [0, 0.05) is 23.6 Å². The highest BCUT2D eigenvalue weighted by Gasteiger charge is 2.21. The summed E-state index contributed by atoms with van der Waals surface area (Å²) in [6.45, 7) is 3.67. The highest BCUT2D eigenvalue weighted by molar-refractivity contribution is 7.87. The quantitative estimate of drug-likeness (QED) is 0.459. The van der Waals surface area contributed by atoms with E-state index in [-0.39, 0.29) is 22.0 Å². The van der Waals surface area contributed by atoms with Crippen LogP contribution in [0.1, 0.15) is 18.1 Å². The van der Waals surface area contributed by atoms with Crippen LogP contribution in [0.5, 0.6) is 17.2 Å². The van der Waals surface area contributed by atoms with Crippen LogP contribution >= 0.6 is 0 Å². The van der Waals surface area contributed by atoms with Gasteiger partial charge in [0.25, 0.3) is 0 Å². The first-order chi connectivity index (χ1) is 13.3. The average molecular weight is 404 g/mol. The second kappa shape index (κ2) is 7.55. The first-order valence-corrected chi connectivity index (χ1v) is 9.93. The third kappa shape index (κ3) is 3.68. The number of fused-ring (bicyclic) bond motifs is 1. The molecule has 0 fully saturated rings. The number of ether oxygens (including phenoxy) is 2.